The van der Waals surface area contributed by atoms with Gasteiger partial charge in [0.05, 0.1) is 6.54 Å². The van der Waals surface area contributed by atoms with Crippen molar-refractivity contribution in [2.75, 3.05) is 19.6 Å². The van der Waals surface area contributed by atoms with Crippen molar-refractivity contribution in [3.63, 3.8) is 0 Å². The number of hydrogen-bond acceptors (Lipinski definition) is 4. The molecule has 0 aliphatic heterocycles. The summed E-state index contributed by atoms with van der Waals surface area (Å²) in [6.07, 6.45) is 2.11. The number of amides is 2. The maximum atomic E-state index is 11.9. The van der Waals surface area contributed by atoms with Crippen LogP contribution in [-0.2, 0) is 11.2 Å². The third-order valence-electron chi connectivity index (χ3n) is 4.38. The number of hydrogen-bond donors (Lipinski definition) is 4. The van der Waals surface area contributed by atoms with E-state index in [4.69, 9.17) is 5.11 Å². The predicted octanol–water partition coefficient (Wildman–Crippen LogP) is 1.17. The van der Waals surface area contributed by atoms with Crippen LogP contribution >= 0.6 is 0 Å². The Morgan fingerprint density at radius 3 is 2.62 bits per heavy atom. The van der Waals surface area contributed by atoms with Gasteiger partial charge >= 0.3 is 12.0 Å². The summed E-state index contributed by atoms with van der Waals surface area (Å²) in [5, 5.41) is 24.2. The molecule has 0 spiro atoms. The number of phenols is 1. The maximum absolute atomic E-state index is 11.9. The molecule has 0 unspecified atom stereocenters. The minimum absolute atomic E-state index is 0.0423. The molecule has 0 atom stereocenters. The number of carboxylic acids is 1. The summed E-state index contributed by atoms with van der Waals surface area (Å²) in [6, 6.07) is 7.14. The molecule has 1 aromatic rings. The van der Waals surface area contributed by atoms with Crippen molar-refractivity contribution >= 4 is 12.0 Å². The van der Waals surface area contributed by atoms with Crippen molar-refractivity contribution in [3.8, 4) is 5.75 Å². The number of carbonyl (C=O) groups excluding carboxylic acids is 1. The summed E-state index contributed by atoms with van der Waals surface area (Å²) in [6.45, 7) is 3.12. The molecule has 1 aliphatic rings. The number of aliphatic carboxylic acids is 1. The Morgan fingerprint density at radius 1 is 1.29 bits per heavy atom. The first-order valence-corrected chi connectivity index (χ1v) is 8.26. The molecule has 1 aliphatic carbocycles. The molecular formula is C17H25N3O4. The van der Waals surface area contributed by atoms with Gasteiger partial charge in [-0.3, -0.25) is 9.69 Å². The second-order valence-electron chi connectivity index (χ2n) is 6.06. The monoisotopic (exact) mass is 335 g/mol. The van der Waals surface area contributed by atoms with Crippen LogP contribution < -0.4 is 10.6 Å². The van der Waals surface area contributed by atoms with Gasteiger partial charge in [-0.25, -0.2) is 4.79 Å². The van der Waals surface area contributed by atoms with Gasteiger partial charge in [0.25, 0.3) is 0 Å². The fourth-order valence-electron chi connectivity index (χ4n) is 2.95. The van der Waals surface area contributed by atoms with Crippen LogP contribution in [0.1, 0.15) is 25.3 Å². The highest BCUT2D eigenvalue weighted by Crippen LogP contribution is 2.25. The maximum Gasteiger partial charge on any atom is 0.317 e. The van der Waals surface area contributed by atoms with Crippen LogP contribution in [0.5, 0.6) is 5.75 Å². The third kappa shape index (κ3) is 5.13. The topological polar surface area (TPSA) is 102 Å². The van der Waals surface area contributed by atoms with Crippen LogP contribution in [0.3, 0.4) is 0 Å². The summed E-state index contributed by atoms with van der Waals surface area (Å²) in [5.74, 6) is -0.588. The van der Waals surface area contributed by atoms with E-state index in [9.17, 15) is 14.7 Å². The number of urea groups is 1. The van der Waals surface area contributed by atoms with Crippen LogP contribution in [0.4, 0.5) is 4.79 Å². The predicted molar refractivity (Wildman–Crippen MR) is 90.0 cm³/mol. The number of para-hydroxylation sites is 1. The molecule has 2 rings (SSSR count). The number of rotatable bonds is 8. The summed E-state index contributed by atoms with van der Waals surface area (Å²) in [7, 11) is 0. The molecule has 132 valence electrons. The summed E-state index contributed by atoms with van der Waals surface area (Å²) < 4.78 is 0. The quantitative estimate of drug-likeness (QED) is 0.571. The van der Waals surface area contributed by atoms with Crippen molar-refractivity contribution < 1.29 is 19.8 Å². The van der Waals surface area contributed by atoms with E-state index in [1.165, 1.54) is 0 Å². The normalized spacial score (nSPS) is 19.6. The number of carboxylic acid groups (broad SMARTS) is 1. The van der Waals surface area contributed by atoms with Crippen LogP contribution in [0, 0.1) is 0 Å². The van der Waals surface area contributed by atoms with E-state index in [0.717, 1.165) is 18.4 Å². The number of nitrogens with zero attached hydrogens (tertiary/aromatic N) is 1. The van der Waals surface area contributed by atoms with Crippen LogP contribution in [-0.4, -0.2) is 58.8 Å². The van der Waals surface area contributed by atoms with Gasteiger partial charge in [0.15, 0.2) is 0 Å². The molecule has 7 nitrogen and oxygen atoms in total. The SMILES string of the molecule is CCN(CC(=O)O)C1CC(NC(=O)NCCc2ccccc2O)C1. The van der Waals surface area contributed by atoms with Crippen molar-refractivity contribution in [2.45, 2.75) is 38.3 Å². The van der Waals surface area contributed by atoms with Gasteiger partial charge in [0.1, 0.15) is 5.75 Å². The second-order valence-corrected chi connectivity index (χ2v) is 6.06. The smallest absolute Gasteiger partial charge is 0.317 e. The van der Waals surface area contributed by atoms with Gasteiger partial charge in [0.2, 0.25) is 0 Å². The van der Waals surface area contributed by atoms with E-state index >= 15 is 0 Å². The summed E-state index contributed by atoms with van der Waals surface area (Å²) >= 11 is 0. The molecule has 0 aromatic heterocycles. The Hall–Kier alpha value is -2.28. The molecule has 0 heterocycles. The van der Waals surface area contributed by atoms with Gasteiger partial charge in [-0.1, -0.05) is 25.1 Å². The van der Waals surface area contributed by atoms with E-state index in [-0.39, 0.29) is 30.4 Å². The van der Waals surface area contributed by atoms with Gasteiger partial charge in [-0.05, 0) is 37.4 Å². The zero-order valence-electron chi connectivity index (χ0n) is 13.9. The minimum atomic E-state index is -0.824. The van der Waals surface area contributed by atoms with E-state index in [0.29, 0.717) is 19.5 Å². The molecule has 7 heteroatoms. The second kappa shape index (κ2) is 8.54. The standard InChI is InChI=1S/C17H25N3O4/c1-2-20(11-16(22)23)14-9-13(10-14)19-17(24)18-8-7-12-5-3-4-6-15(12)21/h3-6,13-14,21H,2,7-11H2,1H3,(H,22,23)(H2,18,19,24). The first-order valence-electron chi connectivity index (χ1n) is 8.26. The first kappa shape index (κ1) is 18.1. The van der Waals surface area contributed by atoms with E-state index < -0.39 is 5.97 Å². The number of aromatic hydroxyl groups is 1. The first-order chi connectivity index (χ1) is 11.5. The van der Waals surface area contributed by atoms with Crippen molar-refractivity contribution in [3.05, 3.63) is 29.8 Å². The number of carbonyl (C=O) groups is 2. The van der Waals surface area contributed by atoms with Crippen molar-refractivity contribution in [1.29, 1.82) is 0 Å². The number of nitrogens with one attached hydrogen (secondary N) is 2. The number of phenolic OH excluding ortho intramolecular Hbond substituents is 1. The average Bonchev–Trinajstić information content (AvgIpc) is 2.50. The molecule has 1 aromatic carbocycles. The molecule has 1 saturated carbocycles. The lowest BCUT2D eigenvalue weighted by atomic mass is 9.85. The Balaban J connectivity index is 1.64. The lowest BCUT2D eigenvalue weighted by Gasteiger charge is -2.42. The van der Waals surface area contributed by atoms with Gasteiger partial charge < -0.3 is 20.8 Å². The van der Waals surface area contributed by atoms with Gasteiger partial charge in [-0.2, -0.15) is 0 Å². The molecule has 0 radical (unpaired) electrons. The zero-order valence-corrected chi connectivity index (χ0v) is 13.9. The lowest BCUT2D eigenvalue weighted by molar-refractivity contribution is -0.139. The Kier molecular flexibility index (Phi) is 6.43. The minimum Gasteiger partial charge on any atom is -0.508 e. The van der Waals surface area contributed by atoms with Gasteiger partial charge in [0, 0.05) is 18.6 Å². The summed E-state index contributed by atoms with van der Waals surface area (Å²) in [4.78, 5) is 24.6. The summed E-state index contributed by atoms with van der Waals surface area (Å²) in [5.41, 5.74) is 0.800. The highest BCUT2D eigenvalue weighted by Gasteiger charge is 2.34. The van der Waals surface area contributed by atoms with E-state index in [1.54, 1.807) is 12.1 Å². The average molecular weight is 335 g/mol. The van der Waals surface area contributed by atoms with E-state index in [2.05, 4.69) is 10.6 Å². The number of benzene rings is 1. The Morgan fingerprint density at radius 2 is 2.00 bits per heavy atom. The van der Waals surface area contributed by atoms with Gasteiger partial charge in [-0.15, -0.1) is 0 Å². The molecular weight excluding hydrogens is 310 g/mol. The highest BCUT2D eigenvalue weighted by atomic mass is 16.4. The van der Waals surface area contributed by atoms with E-state index in [1.807, 2.05) is 24.0 Å². The third-order valence-corrected chi connectivity index (χ3v) is 4.38. The largest absolute Gasteiger partial charge is 0.508 e. The zero-order chi connectivity index (χ0) is 17.5. The Bertz CT molecular complexity index is 573. The molecule has 24 heavy (non-hydrogen) atoms. The molecule has 2 amide bonds. The van der Waals surface area contributed by atoms with Crippen LogP contribution in [0.15, 0.2) is 24.3 Å². The highest BCUT2D eigenvalue weighted by molar-refractivity contribution is 5.74. The molecule has 0 bridgehead atoms. The fourth-order valence-corrected chi connectivity index (χ4v) is 2.95. The van der Waals surface area contributed by atoms with Crippen molar-refractivity contribution in [2.24, 2.45) is 0 Å². The molecule has 0 saturated heterocycles. The van der Waals surface area contributed by atoms with Crippen LogP contribution in [0.25, 0.3) is 0 Å². The Labute approximate surface area is 141 Å². The molecule has 1 fully saturated rings. The fraction of sp³-hybridized carbons (Fsp3) is 0.529. The number of likely N-dealkylation sites (N-methyl/N-ethyl adjacent to an activating group) is 1. The van der Waals surface area contributed by atoms with Crippen molar-refractivity contribution in [1.82, 2.24) is 15.5 Å². The lowest BCUT2D eigenvalue weighted by Crippen LogP contribution is -2.56. The molecule has 4 N–H and O–H groups in total. The van der Waals surface area contributed by atoms with Crippen LogP contribution in [0.2, 0.25) is 0 Å².